The lowest BCUT2D eigenvalue weighted by Gasteiger charge is -2.25. The van der Waals surface area contributed by atoms with Crippen LogP contribution in [0.25, 0.3) is 0 Å². The van der Waals surface area contributed by atoms with Crippen molar-refractivity contribution in [1.82, 2.24) is 5.32 Å². The maximum absolute atomic E-state index is 6.02. The summed E-state index contributed by atoms with van der Waals surface area (Å²) in [6, 6.07) is 8.72. The van der Waals surface area contributed by atoms with Crippen molar-refractivity contribution in [3.63, 3.8) is 0 Å². The van der Waals surface area contributed by atoms with Gasteiger partial charge in [0.1, 0.15) is 0 Å². The second kappa shape index (κ2) is 6.77. The van der Waals surface area contributed by atoms with E-state index in [2.05, 4.69) is 36.5 Å². The van der Waals surface area contributed by atoms with Crippen molar-refractivity contribution in [1.29, 1.82) is 0 Å². The van der Waals surface area contributed by atoms with Gasteiger partial charge in [-0.2, -0.15) is 0 Å². The standard InChI is InChI=1S/C15H23NO/c1-2-16-11-6-12-17-15-10-5-8-13-7-3-4-9-14(13)15/h3-4,7,9,15-16H,2,5-6,8,10-12H2,1H3. The number of ether oxygens (including phenoxy) is 1. The molecule has 2 rings (SSSR count). The molecular formula is C15H23NO. The smallest absolute Gasteiger partial charge is 0.0827 e. The fraction of sp³-hybridized carbons (Fsp3) is 0.600. The van der Waals surface area contributed by atoms with Crippen LogP contribution in [0, 0.1) is 0 Å². The van der Waals surface area contributed by atoms with Crippen LogP contribution in [0.3, 0.4) is 0 Å². The third kappa shape index (κ3) is 3.55. The Morgan fingerprint density at radius 2 is 2.24 bits per heavy atom. The third-order valence-electron chi connectivity index (χ3n) is 3.38. The summed E-state index contributed by atoms with van der Waals surface area (Å²) in [4.78, 5) is 0. The number of benzene rings is 1. The molecule has 0 amide bonds. The Morgan fingerprint density at radius 1 is 1.35 bits per heavy atom. The van der Waals surface area contributed by atoms with E-state index in [1.165, 1.54) is 30.4 Å². The van der Waals surface area contributed by atoms with Gasteiger partial charge in [-0.15, -0.1) is 0 Å². The fourth-order valence-corrected chi connectivity index (χ4v) is 2.48. The van der Waals surface area contributed by atoms with E-state index in [-0.39, 0.29) is 0 Å². The lowest BCUT2D eigenvalue weighted by Crippen LogP contribution is -2.18. The summed E-state index contributed by atoms with van der Waals surface area (Å²) in [5.41, 5.74) is 2.90. The summed E-state index contributed by atoms with van der Waals surface area (Å²) in [7, 11) is 0. The Balaban J connectivity index is 1.82. The number of rotatable bonds is 6. The molecule has 0 radical (unpaired) electrons. The van der Waals surface area contributed by atoms with Crippen LogP contribution in [0.2, 0.25) is 0 Å². The molecule has 0 aliphatic heterocycles. The van der Waals surface area contributed by atoms with Gasteiger partial charge in [0, 0.05) is 6.61 Å². The average molecular weight is 233 g/mol. The van der Waals surface area contributed by atoms with Gasteiger partial charge < -0.3 is 10.1 Å². The van der Waals surface area contributed by atoms with Gasteiger partial charge in [0.25, 0.3) is 0 Å². The molecule has 2 nitrogen and oxygen atoms in total. The van der Waals surface area contributed by atoms with Crippen LogP contribution >= 0.6 is 0 Å². The molecular weight excluding hydrogens is 210 g/mol. The lowest BCUT2D eigenvalue weighted by atomic mass is 9.89. The first-order valence-corrected chi connectivity index (χ1v) is 6.82. The summed E-state index contributed by atoms with van der Waals surface area (Å²) < 4.78 is 6.02. The fourth-order valence-electron chi connectivity index (χ4n) is 2.48. The minimum absolute atomic E-state index is 0.335. The molecule has 0 heterocycles. The van der Waals surface area contributed by atoms with E-state index in [1.54, 1.807) is 0 Å². The molecule has 1 aliphatic rings. The maximum Gasteiger partial charge on any atom is 0.0827 e. The summed E-state index contributed by atoms with van der Waals surface area (Å²) in [6.45, 7) is 5.11. The van der Waals surface area contributed by atoms with Gasteiger partial charge in [0.05, 0.1) is 6.10 Å². The lowest BCUT2D eigenvalue weighted by molar-refractivity contribution is 0.0394. The highest BCUT2D eigenvalue weighted by Gasteiger charge is 2.19. The first kappa shape index (κ1) is 12.6. The molecule has 1 aromatic carbocycles. The Kier molecular flexibility index (Phi) is 5.02. The average Bonchev–Trinajstić information content (AvgIpc) is 2.39. The van der Waals surface area contributed by atoms with Crippen molar-refractivity contribution in [3.05, 3.63) is 35.4 Å². The van der Waals surface area contributed by atoms with E-state index < -0.39 is 0 Å². The molecule has 0 aromatic heterocycles. The van der Waals surface area contributed by atoms with Crippen LogP contribution < -0.4 is 5.32 Å². The first-order chi connectivity index (χ1) is 8.42. The minimum atomic E-state index is 0.335. The van der Waals surface area contributed by atoms with E-state index in [0.717, 1.165) is 26.1 Å². The zero-order valence-corrected chi connectivity index (χ0v) is 10.7. The summed E-state index contributed by atoms with van der Waals surface area (Å²) in [5.74, 6) is 0. The van der Waals surface area contributed by atoms with Gasteiger partial charge in [-0.1, -0.05) is 31.2 Å². The molecule has 2 heteroatoms. The number of aryl methyl sites for hydroxylation is 1. The normalized spacial score (nSPS) is 19.0. The highest BCUT2D eigenvalue weighted by Crippen LogP contribution is 2.32. The Bertz CT molecular complexity index is 337. The van der Waals surface area contributed by atoms with E-state index >= 15 is 0 Å². The van der Waals surface area contributed by atoms with E-state index in [1.807, 2.05) is 0 Å². The molecule has 1 aromatic rings. The highest BCUT2D eigenvalue weighted by atomic mass is 16.5. The van der Waals surface area contributed by atoms with Crippen LogP contribution in [-0.2, 0) is 11.2 Å². The molecule has 1 aliphatic carbocycles. The van der Waals surface area contributed by atoms with Crippen molar-refractivity contribution in [2.75, 3.05) is 19.7 Å². The van der Waals surface area contributed by atoms with E-state index in [0.29, 0.717) is 6.10 Å². The van der Waals surface area contributed by atoms with Gasteiger partial charge in [-0.25, -0.2) is 0 Å². The molecule has 0 bridgehead atoms. The number of hydrogen-bond acceptors (Lipinski definition) is 2. The van der Waals surface area contributed by atoms with Crippen molar-refractivity contribution < 1.29 is 4.74 Å². The molecule has 1 atom stereocenters. The Labute approximate surface area is 104 Å². The van der Waals surface area contributed by atoms with Crippen LogP contribution in [0.15, 0.2) is 24.3 Å². The molecule has 1 unspecified atom stereocenters. The van der Waals surface area contributed by atoms with Crippen molar-refractivity contribution in [2.24, 2.45) is 0 Å². The second-order valence-electron chi connectivity index (χ2n) is 4.66. The number of fused-ring (bicyclic) bond motifs is 1. The van der Waals surface area contributed by atoms with Crippen LogP contribution in [0.1, 0.15) is 43.4 Å². The molecule has 0 saturated carbocycles. The molecule has 0 spiro atoms. The van der Waals surface area contributed by atoms with Crippen LogP contribution in [-0.4, -0.2) is 19.7 Å². The van der Waals surface area contributed by atoms with Gasteiger partial charge in [0.15, 0.2) is 0 Å². The van der Waals surface area contributed by atoms with E-state index in [9.17, 15) is 0 Å². The summed E-state index contributed by atoms with van der Waals surface area (Å²) >= 11 is 0. The number of nitrogens with one attached hydrogen (secondary N) is 1. The maximum atomic E-state index is 6.02. The minimum Gasteiger partial charge on any atom is -0.373 e. The molecule has 17 heavy (non-hydrogen) atoms. The van der Waals surface area contributed by atoms with Gasteiger partial charge >= 0.3 is 0 Å². The van der Waals surface area contributed by atoms with Crippen molar-refractivity contribution in [2.45, 2.75) is 38.7 Å². The largest absolute Gasteiger partial charge is 0.373 e. The quantitative estimate of drug-likeness (QED) is 0.762. The molecule has 1 N–H and O–H groups in total. The van der Waals surface area contributed by atoms with Gasteiger partial charge in [0.2, 0.25) is 0 Å². The first-order valence-electron chi connectivity index (χ1n) is 6.82. The second-order valence-corrected chi connectivity index (χ2v) is 4.66. The van der Waals surface area contributed by atoms with Crippen molar-refractivity contribution >= 4 is 0 Å². The van der Waals surface area contributed by atoms with E-state index in [4.69, 9.17) is 4.74 Å². The Hall–Kier alpha value is -0.860. The zero-order chi connectivity index (χ0) is 11.9. The van der Waals surface area contributed by atoms with Gasteiger partial charge in [-0.3, -0.25) is 0 Å². The summed E-state index contributed by atoms with van der Waals surface area (Å²) in [5, 5.41) is 3.33. The zero-order valence-electron chi connectivity index (χ0n) is 10.7. The monoisotopic (exact) mass is 233 g/mol. The number of hydrogen-bond donors (Lipinski definition) is 1. The molecule has 94 valence electrons. The Morgan fingerprint density at radius 3 is 3.12 bits per heavy atom. The predicted molar refractivity (Wildman–Crippen MR) is 71.2 cm³/mol. The van der Waals surface area contributed by atoms with Crippen LogP contribution in [0.4, 0.5) is 0 Å². The predicted octanol–water partition coefficient (Wildman–Crippen LogP) is 3.08. The topological polar surface area (TPSA) is 21.3 Å². The van der Waals surface area contributed by atoms with Gasteiger partial charge in [-0.05, 0) is 49.9 Å². The molecule has 0 saturated heterocycles. The van der Waals surface area contributed by atoms with Crippen LogP contribution in [0.5, 0.6) is 0 Å². The highest BCUT2D eigenvalue weighted by molar-refractivity contribution is 5.31. The summed E-state index contributed by atoms with van der Waals surface area (Å²) in [6.07, 6.45) is 5.09. The molecule has 0 fully saturated rings. The third-order valence-corrected chi connectivity index (χ3v) is 3.38. The van der Waals surface area contributed by atoms with Crippen molar-refractivity contribution in [3.8, 4) is 0 Å². The SMILES string of the molecule is CCNCCCOC1CCCc2ccccc21.